The number of carbonyl (C=O) groups is 2. The molecule has 9 heteroatoms. The van der Waals surface area contributed by atoms with Crippen LogP contribution in [-0.2, 0) is 14.3 Å². The van der Waals surface area contributed by atoms with E-state index in [1.165, 1.54) is 45.2 Å². The van der Waals surface area contributed by atoms with Gasteiger partial charge in [-0.2, -0.15) is 5.10 Å². The lowest BCUT2D eigenvalue weighted by molar-refractivity contribution is -0.137. The summed E-state index contributed by atoms with van der Waals surface area (Å²) in [5.41, 5.74) is 0.864. The van der Waals surface area contributed by atoms with E-state index < -0.39 is 0 Å². The first-order valence-corrected chi connectivity index (χ1v) is 13.3. The molecule has 0 saturated carbocycles. The number of rotatable bonds is 7. The minimum absolute atomic E-state index is 0.0440. The number of amides is 2. The SMILES string of the molecule is COCCN(C[C@@H]1CCCN2CCCC[C@H]12)C(=O)C1CC(=O)N(c2n[nH]c3cc(Br)ccc23)C1. The number of carbonyl (C=O) groups excluding carboxylic acids is 2. The summed E-state index contributed by atoms with van der Waals surface area (Å²) in [5.74, 6) is 0.784. The predicted molar refractivity (Wildman–Crippen MR) is 135 cm³/mol. The summed E-state index contributed by atoms with van der Waals surface area (Å²) in [6.45, 7) is 4.59. The van der Waals surface area contributed by atoms with Crippen molar-refractivity contribution in [1.29, 1.82) is 0 Å². The molecule has 0 bridgehead atoms. The van der Waals surface area contributed by atoms with Gasteiger partial charge >= 0.3 is 0 Å². The van der Waals surface area contributed by atoms with Crippen molar-refractivity contribution in [2.45, 2.75) is 44.6 Å². The van der Waals surface area contributed by atoms with Gasteiger partial charge in [0.15, 0.2) is 5.82 Å². The number of H-pyrrole nitrogens is 1. The van der Waals surface area contributed by atoms with Gasteiger partial charge in [-0.15, -0.1) is 0 Å². The Kier molecular flexibility index (Phi) is 7.22. The van der Waals surface area contributed by atoms with E-state index in [1.54, 1.807) is 12.0 Å². The summed E-state index contributed by atoms with van der Waals surface area (Å²) in [4.78, 5) is 33.0. The van der Waals surface area contributed by atoms with Crippen LogP contribution in [0.15, 0.2) is 22.7 Å². The molecule has 3 aliphatic heterocycles. The lowest BCUT2D eigenvalue weighted by Gasteiger charge is -2.46. The first kappa shape index (κ1) is 23.8. The largest absolute Gasteiger partial charge is 0.383 e. The second-order valence-corrected chi connectivity index (χ2v) is 10.8. The molecule has 3 aliphatic rings. The molecule has 1 aromatic carbocycles. The van der Waals surface area contributed by atoms with E-state index >= 15 is 0 Å². The van der Waals surface area contributed by atoms with Gasteiger partial charge < -0.3 is 14.5 Å². The molecular weight excluding hydrogens is 498 g/mol. The summed E-state index contributed by atoms with van der Waals surface area (Å²) in [6, 6.07) is 6.41. The zero-order valence-corrected chi connectivity index (χ0v) is 21.4. The van der Waals surface area contributed by atoms with Crippen LogP contribution in [0.5, 0.6) is 0 Å². The highest BCUT2D eigenvalue weighted by Gasteiger charge is 2.40. The number of methoxy groups -OCH3 is 1. The van der Waals surface area contributed by atoms with E-state index in [9.17, 15) is 9.59 Å². The fourth-order valence-electron chi connectivity index (χ4n) is 6.09. The highest BCUT2D eigenvalue weighted by Crippen LogP contribution is 2.34. The maximum absolute atomic E-state index is 13.7. The number of ether oxygens (including phenoxy) is 1. The third kappa shape index (κ3) is 4.75. The first-order valence-electron chi connectivity index (χ1n) is 12.5. The molecule has 0 radical (unpaired) electrons. The maximum Gasteiger partial charge on any atom is 0.229 e. The third-order valence-electron chi connectivity index (χ3n) is 7.80. The lowest BCUT2D eigenvalue weighted by Crippen LogP contribution is -2.52. The number of nitrogens with one attached hydrogen (secondary N) is 1. The standard InChI is InChI=1S/C25H34BrN5O3/c1-34-12-11-30(15-17-5-4-10-29-9-3-2-6-22(17)29)25(33)18-13-23(32)31(16-18)24-20-8-7-19(26)14-21(20)27-28-24/h7-8,14,17-18,22H,2-6,9-13,15-16H2,1H3,(H,27,28)/t17-,18?,22+/m0/s1. The Labute approximate surface area is 209 Å². The molecule has 1 unspecified atom stereocenters. The molecule has 5 rings (SSSR count). The van der Waals surface area contributed by atoms with Gasteiger partial charge in [-0.05, 0) is 62.9 Å². The van der Waals surface area contributed by atoms with Gasteiger partial charge in [0.05, 0.1) is 18.0 Å². The highest BCUT2D eigenvalue weighted by molar-refractivity contribution is 9.10. The molecule has 8 nitrogen and oxygen atoms in total. The van der Waals surface area contributed by atoms with Crippen molar-refractivity contribution in [3.63, 3.8) is 0 Å². The zero-order valence-electron chi connectivity index (χ0n) is 19.8. The molecule has 0 spiro atoms. The number of anilines is 1. The van der Waals surface area contributed by atoms with Crippen molar-refractivity contribution >= 4 is 44.5 Å². The molecule has 1 aromatic heterocycles. The zero-order chi connectivity index (χ0) is 23.7. The Bertz CT molecular complexity index is 1040. The summed E-state index contributed by atoms with van der Waals surface area (Å²) < 4.78 is 6.29. The van der Waals surface area contributed by atoms with Crippen LogP contribution in [-0.4, -0.2) is 84.3 Å². The normalized spacial score (nSPS) is 25.6. The summed E-state index contributed by atoms with van der Waals surface area (Å²) in [5, 5.41) is 8.31. The topological polar surface area (TPSA) is 81.8 Å². The average Bonchev–Trinajstić information content (AvgIpc) is 3.44. The molecule has 34 heavy (non-hydrogen) atoms. The fraction of sp³-hybridized carbons (Fsp3) is 0.640. The smallest absolute Gasteiger partial charge is 0.229 e. The Morgan fingerprint density at radius 2 is 2.12 bits per heavy atom. The van der Waals surface area contributed by atoms with E-state index in [4.69, 9.17) is 4.74 Å². The van der Waals surface area contributed by atoms with Gasteiger partial charge in [-0.3, -0.25) is 19.6 Å². The Hall–Kier alpha value is -1.97. The van der Waals surface area contributed by atoms with Gasteiger partial charge in [-0.25, -0.2) is 0 Å². The van der Waals surface area contributed by atoms with Crippen LogP contribution in [0.25, 0.3) is 10.9 Å². The van der Waals surface area contributed by atoms with Crippen LogP contribution >= 0.6 is 15.9 Å². The number of fused-ring (bicyclic) bond motifs is 2. The van der Waals surface area contributed by atoms with E-state index in [1.807, 2.05) is 23.1 Å². The quantitative estimate of drug-likeness (QED) is 0.591. The van der Waals surface area contributed by atoms with Gasteiger partial charge in [0.2, 0.25) is 11.8 Å². The second-order valence-electron chi connectivity index (χ2n) is 9.92. The molecule has 4 heterocycles. The van der Waals surface area contributed by atoms with Crippen molar-refractivity contribution in [2.75, 3.05) is 51.3 Å². The molecule has 3 saturated heterocycles. The number of benzene rings is 1. The number of hydrogen-bond donors (Lipinski definition) is 1. The van der Waals surface area contributed by atoms with E-state index in [-0.39, 0.29) is 24.2 Å². The number of piperidine rings is 2. The van der Waals surface area contributed by atoms with Gasteiger partial charge in [0.1, 0.15) is 0 Å². The molecule has 2 amide bonds. The number of aromatic nitrogens is 2. The number of hydrogen-bond acceptors (Lipinski definition) is 5. The van der Waals surface area contributed by atoms with E-state index in [0.29, 0.717) is 37.5 Å². The molecule has 3 atom stereocenters. The Balaban J connectivity index is 1.31. The highest BCUT2D eigenvalue weighted by atomic mass is 79.9. The Morgan fingerprint density at radius 1 is 1.26 bits per heavy atom. The number of aromatic amines is 1. The first-order chi connectivity index (χ1) is 16.5. The van der Waals surface area contributed by atoms with Gasteiger partial charge in [-0.1, -0.05) is 22.4 Å². The van der Waals surface area contributed by atoms with E-state index in [0.717, 1.165) is 21.9 Å². The average molecular weight is 532 g/mol. The molecule has 2 aromatic rings. The minimum Gasteiger partial charge on any atom is -0.383 e. The summed E-state index contributed by atoms with van der Waals surface area (Å²) >= 11 is 3.47. The molecule has 1 N–H and O–H groups in total. The Morgan fingerprint density at radius 3 is 2.97 bits per heavy atom. The van der Waals surface area contributed by atoms with Crippen LogP contribution < -0.4 is 4.90 Å². The monoisotopic (exact) mass is 531 g/mol. The fourth-order valence-corrected chi connectivity index (χ4v) is 6.45. The van der Waals surface area contributed by atoms with Crippen LogP contribution in [0.2, 0.25) is 0 Å². The predicted octanol–water partition coefficient (Wildman–Crippen LogP) is 3.42. The lowest BCUT2D eigenvalue weighted by atomic mass is 9.83. The number of nitrogens with zero attached hydrogens (tertiary/aromatic N) is 4. The van der Waals surface area contributed by atoms with Gasteiger partial charge in [0, 0.05) is 49.1 Å². The molecule has 0 aliphatic carbocycles. The minimum atomic E-state index is -0.349. The molecule has 184 valence electrons. The molecular formula is C25H34BrN5O3. The summed E-state index contributed by atoms with van der Waals surface area (Å²) in [6.07, 6.45) is 6.40. The van der Waals surface area contributed by atoms with Crippen molar-refractivity contribution in [3.8, 4) is 0 Å². The van der Waals surface area contributed by atoms with Crippen molar-refractivity contribution < 1.29 is 14.3 Å². The third-order valence-corrected chi connectivity index (χ3v) is 8.29. The second kappa shape index (κ2) is 10.3. The van der Waals surface area contributed by atoms with Crippen LogP contribution in [0.3, 0.4) is 0 Å². The van der Waals surface area contributed by atoms with Crippen LogP contribution in [0.4, 0.5) is 5.82 Å². The van der Waals surface area contributed by atoms with Crippen LogP contribution in [0.1, 0.15) is 38.5 Å². The van der Waals surface area contributed by atoms with Crippen LogP contribution in [0, 0.1) is 11.8 Å². The van der Waals surface area contributed by atoms with E-state index in [2.05, 4.69) is 31.0 Å². The number of halogens is 1. The van der Waals surface area contributed by atoms with Crippen molar-refractivity contribution in [1.82, 2.24) is 20.0 Å². The van der Waals surface area contributed by atoms with Crippen molar-refractivity contribution in [3.05, 3.63) is 22.7 Å². The van der Waals surface area contributed by atoms with Crippen molar-refractivity contribution in [2.24, 2.45) is 11.8 Å². The van der Waals surface area contributed by atoms with Gasteiger partial charge in [0.25, 0.3) is 0 Å². The molecule has 3 fully saturated rings. The maximum atomic E-state index is 13.7. The summed E-state index contributed by atoms with van der Waals surface area (Å²) in [7, 11) is 1.67.